The van der Waals surface area contributed by atoms with E-state index in [0.29, 0.717) is 17.9 Å². The Balaban J connectivity index is 1.83. The van der Waals surface area contributed by atoms with Gasteiger partial charge in [-0.05, 0) is 41.1 Å². The molecule has 1 atom stereocenters. The molecule has 1 aromatic carbocycles. The Labute approximate surface area is 137 Å². The van der Waals surface area contributed by atoms with Crippen molar-refractivity contribution < 1.29 is 24.3 Å². The van der Waals surface area contributed by atoms with Crippen LogP contribution < -0.4 is 4.74 Å². The molecule has 9 heteroatoms. The van der Waals surface area contributed by atoms with Gasteiger partial charge in [0, 0.05) is 0 Å². The highest BCUT2D eigenvalue weighted by Crippen LogP contribution is 2.14. The summed E-state index contributed by atoms with van der Waals surface area (Å²) >= 11 is 0. The zero-order chi connectivity index (χ0) is 17.5. The molecule has 0 aliphatic rings. The van der Waals surface area contributed by atoms with Crippen LogP contribution >= 0.6 is 0 Å². The fraction of sp³-hybridized carbons (Fsp3) is 0.333. The highest BCUT2D eigenvalue weighted by Gasteiger charge is 2.13. The van der Waals surface area contributed by atoms with Gasteiger partial charge < -0.3 is 29.3 Å². The maximum absolute atomic E-state index is 11.5. The van der Waals surface area contributed by atoms with Crippen LogP contribution in [0.25, 0.3) is 0 Å². The third-order valence-electron chi connectivity index (χ3n) is 3.04. The molecule has 128 valence electrons. The van der Waals surface area contributed by atoms with Crippen molar-refractivity contribution in [2.45, 2.75) is 19.6 Å². The molecule has 9 nitrogen and oxygen atoms in total. The fourth-order valence-corrected chi connectivity index (χ4v) is 1.93. The van der Waals surface area contributed by atoms with Crippen molar-refractivity contribution in [1.29, 1.82) is 0 Å². The van der Waals surface area contributed by atoms with Crippen molar-refractivity contribution in [1.82, 2.24) is 9.55 Å². The monoisotopic (exact) mass is 335 g/mol. The average Bonchev–Trinajstić information content (AvgIpc) is 3.02. The van der Waals surface area contributed by atoms with Gasteiger partial charge in [-0.25, -0.2) is 4.79 Å². The van der Waals surface area contributed by atoms with E-state index in [4.69, 9.17) is 9.47 Å². The number of aliphatic hydroxyl groups excluding tert-OH is 1. The van der Waals surface area contributed by atoms with Gasteiger partial charge in [-0.2, -0.15) is 0 Å². The number of carbonyl (C=O) groups is 1. The first kappa shape index (κ1) is 17.4. The number of aromatic nitrogens is 2. The van der Waals surface area contributed by atoms with E-state index in [1.807, 2.05) is 0 Å². The molecule has 0 amide bonds. The van der Waals surface area contributed by atoms with Crippen molar-refractivity contribution >= 4 is 11.8 Å². The number of aliphatic hydroxyl groups is 1. The molecule has 1 unspecified atom stereocenters. The van der Waals surface area contributed by atoms with E-state index in [9.17, 15) is 20.0 Å². The normalized spacial score (nSPS) is 11.8. The lowest BCUT2D eigenvalue weighted by Gasteiger charge is -2.12. The first-order valence-electron chi connectivity index (χ1n) is 7.23. The number of rotatable bonds is 8. The Morgan fingerprint density at radius 2 is 2.12 bits per heavy atom. The molecule has 2 aromatic rings. The summed E-state index contributed by atoms with van der Waals surface area (Å²) in [5, 5.41) is 20.4. The van der Waals surface area contributed by atoms with Crippen molar-refractivity contribution in [2.75, 3.05) is 13.2 Å². The molecule has 0 aliphatic heterocycles. The number of ether oxygens (including phenoxy) is 2. The standard InChI is InChI=1S/C15H17N3O6/c1-2-23-15(20)11-3-5-13(6-4-11)24-9-12(19)7-17-8-14(16-10-17)18(21)22/h3-6,8,10,12,19H,2,7,9H2,1H3. The Morgan fingerprint density at radius 1 is 1.42 bits per heavy atom. The highest BCUT2D eigenvalue weighted by atomic mass is 16.6. The Morgan fingerprint density at radius 3 is 2.71 bits per heavy atom. The van der Waals surface area contributed by atoms with Gasteiger partial charge in [0.1, 0.15) is 24.7 Å². The van der Waals surface area contributed by atoms with Gasteiger partial charge in [-0.3, -0.25) is 0 Å². The SMILES string of the molecule is CCOC(=O)c1ccc(OCC(O)Cn2cnc([N+](=O)[O-])c2)cc1. The number of nitro groups is 1. The summed E-state index contributed by atoms with van der Waals surface area (Å²) in [6.45, 7) is 2.13. The summed E-state index contributed by atoms with van der Waals surface area (Å²) in [5.74, 6) is -0.206. The van der Waals surface area contributed by atoms with Crippen molar-refractivity contribution in [3.63, 3.8) is 0 Å². The van der Waals surface area contributed by atoms with E-state index >= 15 is 0 Å². The molecule has 0 saturated heterocycles. The summed E-state index contributed by atoms with van der Waals surface area (Å²) in [5.41, 5.74) is 0.412. The van der Waals surface area contributed by atoms with Gasteiger partial charge in [0.25, 0.3) is 0 Å². The first-order valence-corrected chi connectivity index (χ1v) is 7.23. The van der Waals surface area contributed by atoms with E-state index in [1.54, 1.807) is 31.2 Å². The maximum atomic E-state index is 11.5. The molecular formula is C15H17N3O6. The third-order valence-corrected chi connectivity index (χ3v) is 3.04. The molecule has 0 fully saturated rings. The molecule has 0 radical (unpaired) electrons. The van der Waals surface area contributed by atoms with E-state index in [-0.39, 0.29) is 19.0 Å². The predicted octanol–water partition coefficient (Wildman–Crippen LogP) is 1.41. The topological polar surface area (TPSA) is 117 Å². The second-order valence-corrected chi connectivity index (χ2v) is 4.90. The average molecular weight is 335 g/mol. The number of hydrogen-bond donors (Lipinski definition) is 1. The first-order chi connectivity index (χ1) is 11.5. The molecule has 1 heterocycles. The molecule has 0 saturated carbocycles. The minimum atomic E-state index is -0.872. The molecule has 1 N–H and O–H groups in total. The van der Waals surface area contributed by atoms with Crippen LogP contribution in [-0.4, -0.2) is 44.9 Å². The van der Waals surface area contributed by atoms with E-state index in [0.717, 1.165) is 0 Å². The zero-order valence-corrected chi connectivity index (χ0v) is 13.0. The van der Waals surface area contributed by atoms with Crippen LogP contribution in [0.15, 0.2) is 36.8 Å². The van der Waals surface area contributed by atoms with Gasteiger partial charge in [-0.1, -0.05) is 0 Å². The van der Waals surface area contributed by atoms with Crippen LogP contribution in [0.2, 0.25) is 0 Å². The van der Waals surface area contributed by atoms with Gasteiger partial charge >= 0.3 is 11.8 Å². The highest BCUT2D eigenvalue weighted by molar-refractivity contribution is 5.89. The van der Waals surface area contributed by atoms with Crippen LogP contribution in [0.5, 0.6) is 5.75 Å². The number of imidazole rings is 1. The van der Waals surface area contributed by atoms with Crippen molar-refractivity contribution in [2.24, 2.45) is 0 Å². The molecule has 1 aromatic heterocycles. The number of nitrogens with zero attached hydrogens (tertiary/aromatic N) is 3. The summed E-state index contributed by atoms with van der Waals surface area (Å²) in [6.07, 6.45) is 1.64. The lowest BCUT2D eigenvalue weighted by atomic mass is 10.2. The number of esters is 1. The summed E-state index contributed by atoms with van der Waals surface area (Å²) in [6, 6.07) is 6.33. The summed E-state index contributed by atoms with van der Waals surface area (Å²) in [4.78, 5) is 25.0. The van der Waals surface area contributed by atoms with E-state index in [2.05, 4.69) is 4.98 Å². The van der Waals surface area contributed by atoms with Crippen LogP contribution in [0.1, 0.15) is 17.3 Å². The Hall–Kier alpha value is -2.94. The minimum absolute atomic E-state index is 0.00920. The van der Waals surface area contributed by atoms with Crippen LogP contribution in [0.4, 0.5) is 5.82 Å². The van der Waals surface area contributed by atoms with Crippen LogP contribution in [0, 0.1) is 10.1 Å². The van der Waals surface area contributed by atoms with E-state index < -0.39 is 17.0 Å². The third kappa shape index (κ3) is 4.78. The smallest absolute Gasteiger partial charge is 0.381 e. The fourth-order valence-electron chi connectivity index (χ4n) is 1.93. The Bertz CT molecular complexity index is 697. The predicted molar refractivity (Wildman–Crippen MR) is 82.8 cm³/mol. The minimum Gasteiger partial charge on any atom is -0.491 e. The molecule has 0 bridgehead atoms. The van der Waals surface area contributed by atoms with Gasteiger partial charge in [0.05, 0.1) is 18.7 Å². The summed E-state index contributed by atoms with van der Waals surface area (Å²) in [7, 11) is 0. The maximum Gasteiger partial charge on any atom is 0.381 e. The van der Waals surface area contributed by atoms with Gasteiger partial charge in [0.2, 0.25) is 6.33 Å². The second kappa shape index (κ2) is 8.06. The van der Waals surface area contributed by atoms with Crippen molar-refractivity contribution in [3.05, 3.63) is 52.5 Å². The van der Waals surface area contributed by atoms with E-state index in [1.165, 1.54) is 17.1 Å². The van der Waals surface area contributed by atoms with Gasteiger partial charge in [-0.15, -0.1) is 0 Å². The number of carbonyl (C=O) groups excluding carboxylic acids is 1. The van der Waals surface area contributed by atoms with Crippen LogP contribution in [-0.2, 0) is 11.3 Å². The van der Waals surface area contributed by atoms with Crippen LogP contribution in [0.3, 0.4) is 0 Å². The molecule has 0 spiro atoms. The molecule has 24 heavy (non-hydrogen) atoms. The lowest BCUT2D eigenvalue weighted by molar-refractivity contribution is -0.389. The largest absolute Gasteiger partial charge is 0.491 e. The lowest BCUT2D eigenvalue weighted by Crippen LogP contribution is -2.23. The summed E-state index contributed by atoms with van der Waals surface area (Å²) < 4.78 is 11.7. The molecule has 0 aliphatic carbocycles. The molecule has 2 rings (SSSR count). The zero-order valence-electron chi connectivity index (χ0n) is 13.0. The number of benzene rings is 1. The van der Waals surface area contributed by atoms with Crippen molar-refractivity contribution in [3.8, 4) is 5.75 Å². The Kier molecular flexibility index (Phi) is 5.85. The quantitative estimate of drug-likeness (QED) is 0.440. The van der Waals surface area contributed by atoms with Gasteiger partial charge in [0.15, 0.2) is 0 Å². The number of hydrogen-bond acceptors (Lipinski definition) is 7. The molecular weight excluding hydrogens is 318 g/mol. The second-order valence-electron chi connectivity index (χ2n) is 4.90.